The third-order valence-corrected chi connectivity index (χ3v) is 2.72. The Morgan fingerprint density at radius 3 is 2.60 bits per heavy atom. The van der Waals surface area contributed by atoms with Gasteiger partial charge in [-0.15, -0.1) is 0 Å². The Kier molecular flexibility index (Phi) is 4.15. The molecule has 0 aliphatic carbocycles. The largest absolute Gasteiger partial charge is 0.481 e. The zero-order valence-corrected chi connectivity index (χ0v) is 10.3. The lowest BCUT2D eigenvalue weighted by Crippen LogP contribution is -2.07. The maximum atomic E-state index is 12.5. The monoisotopic (exact) mass is 343 g/mol. The molecule has 0 atom stereocenters. The lowest BCUT2D eigenvalue weighted by molar-refractivity contribution is -0.136. The number of aliphatic carboxylic acids is 1. The second-order valence-electron chi connectivity index (χ2n) is 2.66. The van der Waals surface area contributed by atoms with E-state index in [0.717, 1.165) is 0 Å². The number of hydrogen-bond donors (Lipinski definition) is 1. The number of aromatic nitrogens is 1. The highest BCUT2D eigenvalue weighted by molar-refractivity contribution is 9.11. The molecule has 0 aliphatic rings. The molecule has 0 saturated heterocycles. The minimum absolute atomic E-state index is 0.000648. The number of hydrogen-bond acceptors (Lipinski definition) is 2. The Labute approximate surface area is 101 Å². The van der Waals surface area contributed by atoms with E-state index in [-0.39, 0.29) is 10.2 Å². The molecule has 7 heteroatoms. The van der Waals surface area contributed by atoms with Crippen molar-refractivity contribution in [1.29, 1.82) is 0 Å². The molecule has 1 aromatic rings. The van der Waals surface area contributed by atoms with E-state index in [1.54, 1.807) is 0 Å². The van der Waals surface area contributed by atoms with Crippen LogP contribution >= 0.6 is 31.9 Å². The fraction of sp³-hybridized carbons (Fsp3) is 0.250. The topological polar surface area (TPSA) is 50.2 Å². The summed E-state index contributed by atoms with van der Waals surface area (Å²) in [7, 11) is 0. The normalized spacial score (nSPS) is 10.7. The molecule has 0 unspecified atom stereocenters. The van der Waals surface area contributed by atoms with Gasteiger partial charge in [-0.2, -0.15) is 0 Å². The number of pyridine rings is 1. The molecule has 15 heavy (non-hydrogen) atoms. The van der Waals surface area contributed by atoms with Crippen molar-refractivity contribution in [2.75, 3.05) is 0 Å². The SMILES string of the molecule is O=C(O)Cc1c(Br)cc(Br)nc1C(F)F. The van der Waals surface area contributed by atoms with Crippen molar-refractivity contribution >= 4 is 37.8 Å². The number of carboxylic acid groups (broad SMARTS) is 1. The van der Waals surface area contributed by atoms with Crippen molar-refractivity contribution < 1.29 is 18.7 Å². The van der Waals surface area contributed by atoms with Gasteiger partial charge in [0, 0.05) is 10.0 Å². The molecule has 1 rings (SSSR count). The van der Waals surface area contributed by atoms with Gasteiger partial charge in [-0.1, -0.05) is 15.9 Å². The van der Waals surface area contributed by atoms with Gasteiger partial charge in [0.05, 0.1) is 6.42 Å². The van der Waals surface area contributed by atoms with Crippen molar-refractivity contribution in [3.8, 4) is 0 Å². The number of carboxylic acids is 1. The van der Waals surface area contributed by atoms with Crippen LogP contribution in [0.2, 0.25) is 0 Å². The van der Waals surface area contributed by atoms with E-state index in [2.05, 4.69) is 36.8 Å². The van der Waals surface area contributed by atoms with Gasteiger partial charge in [-0.05, 0) is 22.0 Å². The van der Waals surface area contributed by atoms with Crippen LogP contribution < -0.4 is 0 Å². The molecule has 1 aromatic heterocycles. The number of nitrogens with zero attached hydrogens (tertiary/aromatic N) is 1. The van der Waals surface area contributed by atoms with Gasteiger partial charge in [-0.25, -0.2) is 13.8 Å². The van der Waals surface area contributed by atoms with E-state index in [1.807, 2.05) is 0 Å². The molecule has 1 heterocycles. The summed E-state index contributed by atoms with van der Waals surface area (Å²) in [6.07, 6.45) is -3.28. The second-order valence-corrected chi connectivity index (χ2v) is 4.33. The Morgan fingerprint density at radius 2 is 2.13 bits per heavy atom. The van der Waals surface area contributed by atoms with E-state index in [9.17, 15) is 13.6 Å². The zero-order valence-electron chi connectivity index (χ0n) is 7.18. The minimum Gasteiger partial charge on any atom is -0.481 e. The molecule has 0 aromatic carbocycles. The van der Waals surface area contributed by atoms with Gasteiger partial charge < -0.3 is 5.11 Å². The standard InChI is InChI=1S/C8H5Br2F2NO2/c9-4-2-5(10)13-7(8(11)12)3(4)1-6(14)15/h2,8H,1H2,(H,14,15). The highest BCUT2D eigenvalue weighted by Crippen LogP contribution is 2.29. The Morgan fingerprint density at radius 1 is 1.53 bits per heavy atom. The summed E-state index contributed by atoms with van der Waals surface area (Å²) < 4.78 is 25.6. The van der Waals surface area contributed by atoms with E-state index in [1.165, 1.54) is 6.07 Å². The van der Waals surface area contributed by atoms with E-state index in [0.29, 0.717) is 4.47 Å². The molecule has 3 nitrogen and oxygen atoms in total. The highest BCUT2D eigenvalue weighted by Gasteiger charge is 2.20. The van der Waals surface area contributed by atoms with Crippen molar-refractivity contribution in [3.63, 3.8) is 0 Å². The van der Waals surface area contributed by atoms with E-state index >= 15 is 0 Å². The molecule has 0 spiro atoms. The summed E-state index contributed by atoms with van der Waals surface area (Å²) in [5.74, 6) is -1.18. The summed E-state index contributed by atoms with van der Waals surface area (Å²) in [6, 6.07) is 1.43. The third-order valence-electron chi connectivity index (χ3n) is 1.61. The first-order valence-corrected chi connectivity index (χ1v) is 5.35. The Hall–Kier alpha value is -0.560. The highest BCUT2D eigenvalue weighted by atomic mass is 79.9. The second kappa shape index (κ2) is 4.98. The van der Waals surface area contributed by atoms with Crippen LogP contribution in [0, 0.1) is 0 Å². The third kappa shape index (κ3) is 3.20. The molecule has 0 radical (unpaired) electrons. The van der Waals surface area contributed by atoms with Gasteiger partial charge >= 0.3 is 5.97 Å². The van der Waals surface area contributed by atoms with Crippen LogP contribution in [0.3, 0.4) is 0 Å². The maximum Gasteiger partial charge on any atom is 0.307 e. The van der Waals surface area contributed by atoms with Gasteiger partial charge in [0.1, 0.15) is 10.3 Å². The quantitative estimate of drug-likeness (QED) is 0.857. The molecule has 0 saturated carbocycles. The average molecular weight is 345 g/mol. The van der Waals surface area contributed by atoms with Crippen LogP contribution in [0.1, 0.15) is 17.7 Å². The number of alkyl halides is 2. The van der Waals surface area contributed by atoms with Crippen LogP contribution in [0.15, 0.2) is 15.1 Å². The van der Waals surface area contributed by atoms with Crippen molar-refractivity contribution in [2.24, 2.45) is 0 Å². The summed E-state index contributed by atoms with van der Waals surface area (Å²) in [5, 5.41) is 8.56. The van der Waals surface area contributed by atoms with Gasteiger partial charge in [0.2, 0.25) is 0 Å². The summed E-state index contributed by atoms with van der Waals surface area (Å²) in [5.41, 5.74) is -0.514. The molecule has 0 amide bonds. The van der Waals surface area contributed by atoms with Gasteiger partial charge in [-0.3, -0.25) is 4.79 Å². The lowest BCUT2D eigenvalue weighted by Gasteiger charge is -2.08. The van der Waals surface area contributed by atoms with Crippen LogP contribution in [-0.4, -0.2) is 16.1 Å². The summed E-state index contributed by atoms with van der Waals surface area (Å²) >= 11 is 5.99. The first kappa shape index (κ1) is 12.5. The number of halogens is 4. The summed E-state index contributed by atoms with van der Waals surface area (Å²) in [4.78, 5) is 14.0. The minimum atomic E-state index is -2.80. The molecule has 0 fully saturated rings. The lowest BCUT2D eigenvalue weighted by atomic mass is 10.1. The first-order chi connectivity index (χ1) is 6.91. The fourth-order valence-corrected chi connectivity index (χ4v) is 2.32. The van der Waals surface area contributed by atoms with Gasteiger partial charge in [0.25, 0.3) is 6.43 Å². The van der Waals surface area contributed by atoms with Gasteiger partial charge in [0.15, 0.2) is 0 Å². The Balaban J connectivity index is 3.26. The van der Waals surface area contributed by atoms with Crippen molar-refractivity contribution in [2.45, 2.75) is 12.8 Å². The summed E-state index contributed by atoms with van der Waals surface area (Å²) in [6.45, 7) is 0. The van der Waals surface area contributed by atoms with Crippen LogP contribution in [0.5, 0.6) is 0 Å². The Bertz CT molecular complexity index is 398. The maximum absolute atomic E-state index is 12.5. The molecular weight excluding hydrogens is 340 g/mol. The van der Waals surface area contributed by atoms with Crippen molar-refractivity contribution in [3.05, 3.63) is 26.4 Å². The van der Waals surface area contributed by atoms with Crippen LogP contribution in [0.25, 0.3) is 0 Å². The predicted molar refractivity (Wildman–Crippen MR) is 55.9 cm³/mol. The van der Waals surface area contributed by atoms with E-state index < -0.39 is 24.5 Å². The van der Waals surface area contributed by atoms with E-state index in [4.69, 9.17) is 5.11 Å². The predicted octanol–water partition coefficient (Wildman–Crippen LogP) is 3.17. The fourth-order valence-electron chi connectivity index (χ4n) is 1.04. The first-order valence-electron chi connectivity index (χ1n) is 3.76. The number of rotatable bonds is 3. The molecule has 82 valence electrons. The smallest absolute Gasteiger partial charge is 0.307 e. The molecule has 0 aliphatic heterocycles. The molecular formula is C8H5Br2F2NO2. The van der Waals surface area contributed by atoms with Crippen LogP contribution in [0.4, 0.5) is 8.78 Å². The zero-order chi connectivity index (χ0) is 11.6. The molecule has 1 N–H and O–H groups in total. The van der Waals surface area contributed by atoms with Crippen LogP contribution in [-0.2, 0) is 11.2 Å². The number of carbonyl (C=O) groups is 1. The molecule has 0 bridgehead atoms. The van der Waals surface area contributed by atoms with Crippen molar-refractivity contribution in [1.82, 2.24) is 4.98 Å². The average Bonchev–Trinajstić information content (AvgIpc) is 2.08.